The van der Waals surface area contributed by atoms with Crippen LogP contribution in [0.3, 0.4) is 0 Å². The largest absolute Gasteiger partial charge is 0.465 e. The van der Waals surface area contributed by atoms with Crippen LogP contribution < -0.4 is 4.90 Å². The van der Waals surface area contributed by atoms with Crippen molar-refractivity contribution in [2.24, 2.45) is 5.18 Å². The fourth-order valence-corrected chi connectivity index (χ4v) is 2.36. The average molecular weight is 338 g/mol. The minimum Gasteiger partial charge on any atom is -0.465 e. The molecule has 0 radical (unpaired) electrons. The van der Waals surface area contributed by atoms with Gasteiger partial charge in [0.2, 0.25) is 0 Å². The molecule has 126 valence electrons. The van der Waals surface area contributed by atoms with Crippen LogP contribution in [0.15, 0.2) is 17.3 Å². The van der Waals surface area contributed by atoms with Crippen molar-refractivity contribution in [1.29, 1.82) is 0 Å². The number of hydrogen-bond acceptors (Lipinski definition) is 9. The van der Waals surface area contributed by atoms with Crippen molar-refractivity contribution in [2.45, 2.75) is 13.0 Å². The lowest BCUT2D eigenvalue weighted by atomic mass is 10.1. The van der Waals surface area contributed by atoms with E-state index in [1.807, 2.05) is 0 Å². The predicted molar refractivity (Wildman–Crippen MR) is 77.3 cm³/mol. The molecule has 1 heterocycles. The van der Waals surface area contributed by atoms with Crippen LogP contribution in [-0.4, -0.2) is 34.9 Å². The van der Waals surface area contributed by atoms with Crippen LogP contribution in [0.25, 0.3) is 0 Å². The maximum atomic E-state index is 12.2. The number of hydrogen-bond donors (Lipinski definition) is 0. The van der Waals surface area contributed by atoms with Crippen LogP contribution in [0.1, 0.15) is 18.5 Å². The lowest BCUT2D eigenvalue weighted by molar-refractivity contribution is -0.393. The number of carbonyl (C=O) groups is 2. The molecule has 1 aliphatic rings. The Morgan fingerprint density at radius 3 is 2.50 bits per heavy atom. The molecule has 0 aromatic heterocycles. The van der Waals surface area contributed by atoms with Crippen molar-refractivity contribution in [3.63, 3.8) is 0 Å². The van der Waals surface area contributed by atoms with Crippen LogP contribution in [0.5, 0.6) is 0 Å². The fraction of sp³-hybridized carbons (Fsp3) is 0.333. The summed E-state index contributed by atoms with van der Waals surface area (Å²) in [5, 5.41) is 24.7. The number of rotatable bonds is 6. The zero-order chi connectivity index (χ0) is 18.0. The number of carbonyl (C=O) groups excluding carboxylic acids is 2. The second kappa shape index (κ2) is 6.36. The molecule has 2 rings (SSSR count). The second-order valence-corrected chi connectivity index (χ2v) is 4.65. The third-order valence-electron chi connectivity index (χ3n) is 3.27. The molecule has 1 aromatic carbocycles. The summed E-state index contributed by atoms with van der Waals surface area (Å²) in [4.78, 5) is 55.7. The summed E-state index contributed by atoms with van der Waals surface area (Å²) in [5.74, 6) is -1.84. The number of nitroso groups, excluding NO2 is 1. The third-order valence-corrected chi connectivity index (χ3v) is 3.27. The highest BCUT2D eigenvalue weighted by atomic mass is 16.6. The van der Waals surface area contributed by atoms with Gasteiger partial charge in [-0.15, -0.1) is 4.91 Å². The molecule has 12 nitrogen and oxygen atoms in total. The van der Waals surface area contributed by atoms with Gasteiger partial charge in [0.25, 0.3) is 17.3 Å². The van der Waals surface area contributed by atoms with Gasteiger partial charge < -0.3 is 4.74 Å². The van der Waals surface area contributed by atoms with Crippen molar-refractivity contribution in [3.8, 4) is 0 Å². The first-order valence-corrected chi connectivity index (χ1v) is 6.58. The molecule has 0 spiro atoms. The van der Waals surface area contributed by atoms with Crippen LogP contribution in [-0.2, 0) is 14.3 Å². The average Bonchev–Trinajstić information content (AvgIpc) is 2.78. The summed E-state index contributed by atoms with van der Waals surface area (Å²) in [6.07, 6.45) is 0. The molecule has 0 saturated heterocycles. The molecule has 1 amide bonds. The number of anilines is 1. The van der Waals surface area contributed by atoms with E-state index in [1.54, 1.807) is 0 Å². The van der Waals surface area contributed by atoms with E-state index in [9.17, 15) is 34.7 Å². The molecular weight excluding hydrogens is 328 g/mol. The molecule has 1 atom stereocenters. The molecule has 0 saturated carbocycles. The Hall–Kier alpha value is -3.44. The van der Waals surface area contributed by atoms with Gasteiger partial charge >= 0.3 is 5.97 Å². The second-order valence-electron chi connectivity index (χ2n) is 4.65. The summed E-state index contributed by atoms with van der Waals surface area (Å²) >= 11 is 0. The molecule has 1 unspecified atom stereocenters. The summed E-state index contributed by atoms with van der Waals surface area (Å²) in [5.41, 5.74) is -2.10. The number of fused-ring (bicyclic) bond motifs is 1. The van der Waals surface area contributed by atoms with Crippen molar-refractivity contribution < 1.29 is 24.2 Å². The number of non-ortho nitro benzene ring substituents is 1. The third kappa shape index (κ3) is 2.76. The number of amides is 1. The molecule has 0 aliphatic carbocycles. The molecule has 1 aromatic rings. The molecule has 24 heavy (non-hydrogen) atoms. The van der Waals surface area contributed by atoms with Gasteiger partial charge in [-0.25, -0.2) is 0 Å². The quantitative estimate of drug-likeness (QED) is 0.323. The normalized spacial score (nSPS) is 15.8. The number of nitro benzene ring substituents is 2. The van der Waals surface area contributed by atoms with E-state index in [-0.39, 0.29) is 17.9 Å². The van der Waals surface area contributed by atoms with Crippen LogP contribution in [0, 0.1) is 25.1 Å². The van der Waals surface area contributed by atoms with E-state index in [2.05, 4.69) is 9.91 Å². The maximum Gasteiger partial charge on any atom is 0.326 e. The summed E-state index contributed by atoms with van der Waals surface area (Å²) in [6, 6.07) is -0.192. The predicted octanol–water partition coefficient (Wildman–Crippen LogP) is 1.22. The number of nitro groups is 2. The van der Waals surface area contributed by atoms with Crippen molar-refractivity contribution in [1.82, 2.24) is 0 Å². The van der Waals surface area contributed by atoms with E-state index >= 15 is 0 Å². The molecule has 1 aliphatic heterocycles. The summed E-state index contributed by atoms with van der Waals surface area (Å²) in [7, 11) is 0. The van der Waals surface area contributed by atoms with E-state index < -0.39 is 45.7 Å². The lowest BCUT2D eigenvalue weighted by Crippen LogP contribution is -2.34. The molecule has 0 fully saturated rings. The minimum absolute atomic E-state index is 0.0193. The Morgan fingerprint density at radius 1 is 1.33 bits per heavy atom. The fourth-order valence-electron chi connectivity index (χ4n) is 2.36. The molecule has 0 bridgehead atoms. The highest BCUT2D eigenvalue weighted by molar-refractivity contribution is 6.09. The standard InChI is InChI=1S/C12H10N4O8/c1-2-24-9(17)5-14-11-7(10(13-19)12(14)18)3-6(15(20)21)4-8(11)16(22)23/h3-4,10H,2,5H2,1H3. The van der Waals surface area contributed by atoms with Crippen LogP contribution in [0.2, 0.25) is 0 Å². The van der Waals surface area contributed by atoms with Gasteiger partial charge in [-0.3, -0.25) is 34.7 Å². The lowest BCUT2D eigenvalue weighted by Gasteiger charge is -2.15. The highest BCUT2D eigenvalue weighted by Crippen LogP contribution is 2.46. The van der Waals surface area contributed by atoms with Gasteiger partial charge in [0.1, 0.15) is 12.2 Å². The first-order valence-electron chi connectivity index (χ1n) is 6.58. The smallest absolute Gasteiger partial charge is 0.326 e. The number of benzene rings is 1. The van der Waals surface area contributed by atoms with Gasteiger partial charge in [0.05, 0.1) is 22.5 Å². The Kier molecular flexibility index (Phi) is 4.48. The van der Waals surface area contributed by atoms with Gasteiger partial charge in [-0.1, -0.05) is 5.18 Å². The monoisotopic (exact) mass is 338 g/mol. The van der Waals surface area contributed by atoms with Gasteiger partial charge in [-0.2, -0.15) is 0 Å². The molecular formula is C12H10N4O8. The zero-order valence-corrected chi connectivity index (χ0v) is 12.2. The molecule has 0 N–H and O–H groups in total. The minimum atomic E-state index is -1.70. The highest BCUT2D eigenvalue weighted by Gasteiger charge is 2.45. The van der Waals surface area contributed by atoms with E-state index in [0.29, 0.717) is 11.0 Å². The Labute approximate surface area is 133 Å². The Balaban J connectivity index is 2.64. The number of nitrogens with zero attached hydrogens (tertiary/aromatic N) is 4. The Bertz CT molecular complexity index is 762. The summed E-state index contributed by atoms with van der Waals surface area (Å²) in [6.45, 7) is 0.870. The van der Waals surface area contributed by atoms with Crippen LogP contribution in [0.4, 0.5) is 17.1 Å². The SMILES string of the molecule is CCOC(=O)CN1C(=O)C(N=O)c2cc([N+](=O)[O-])cc([N+](=O)[O-])c21. The number of ether oxygens (including phenoxy) is 1. The van der Waals surface area contributed by atoms with Crippen molar-refractivity contribution >= 4 is 28.9 Å². The van der Waals surface area contributed by atoms with Crippen molar-refractivity contribution in [3.05, 3.63) is 42.8 Å². The maximum absolute atomic E-state index is 12.2. The van der Waals surface area contributed by atoms with E-state index in [4.69, 9.17) is 0 Å². The number of esters is 1. The van der Waals surface area contributed by atoms with Crippen molar-refractivity contribution in [2.75, 3.05) is 18.1 Å². The van der Waals surface area contributed by atoms with Gasteiger partial charge in [0, 0.05) is 11.6 Å². The van der Waals surface area contributed by atoms with E-state index in [0.717, 1.165) is 6.07 Å². The first kappa shape index (κ1) is 16.9. The van der Waals surface area contributed by atoms with Gasteiger partial charge in [-0.05, 0) is 6.92 Å². The topological polar surface area (TPSA) is 162 Å². The zero-order valence-electron chi connectivity index (χ0n) is 12.2. The first-order chi connectivity index (χ1) is 11.3. The molecule has 12 heteroatoms. The summed E-state index contributed by atoms with van der Waals surface area (Å²) < 4.78 is 4.68. The Morgan fingerprint density at radius 2 is 2.00 bits per heavy atom. The van der Waals surface area contributed by atoms with Gasteiger partial charge in [0.15, 0.2) is 6.04 Å². The van der Waals surface area contributed by atoms with E-state index in [1.165, 1.54) is 6.92 Å². The van der Waals surface area contributed by atoms with Crippen LogP contribution >= 0.6 is 0 Å².